The van der Waals surface area contributed by atoms with Crippen LogP contribution in [-0.4, -0.2) is 43.8 Å². The summed E-state index contributed by atoms with van der Waals surface area (Å²) in [5, 5.41) is 2.44. The molecule has 1 fully saturated rings. The van der Waals surface area contributed by atoms with E-state index in [9.17, 15) is 13.2 Å². The van der Waals surface area contributed by atoms with Crippen LogP contribution in [0.4, 0.5) is 13.2 Å². The normalized spacial score (nSPS) is 20.9. The Balaban J connectivity index is 1.68. The summed E-state index contributed by atoms with van der Waals surface area (Å²) in [6.45, 7) is 2.08. The van der Waals surface area contributed by atoms with Crippen molar-refractivity contribution in [1.29, 1.82) is 0 Å². The van der Waals surface area contributed by atoms with Crippen molar-refractivity contribution in [3.05, 3.63) is 35.9 Å². The molecule has 1 atom stereocenters. The first-order valence-electron chi connectivity index (χ1n) is 6.59. The fraction of sp³-hybridized carbons (Fsp3) is 0.571. The van der Waals surface area contributed by atoms with Gasteiger partial charge in [0.2, 0.25) is 0 Å². The van der Waals surface area contributed by atoms with E-state index in [2.05, 4.69) is 22.3 Å². The SMILES string of the molecule is FC(F)(F)CNCCN1CCC(c2ccccc2)C1. The van der Waals surface area contributed by atoms with Crippen LogP contribution in [0.5, 0.6) is 0 Å². The quantitative estimate of drug-likeness (QED) is 0.829. The number of nitrogens with zero attached hydrogens (tertiary/aromatic N) is 1. The van der Waals surface area contributed by atoms with Crippen molar-refractivity contribution < 1.29 is 13.2 Å². The lowest BCUT2D eigenvalue weighted by Crippen LogP contribution is -2.35. The molecule has 0 saturated carbocycles. The van der Waals surface area contributed by atoms with Gasteiger partial charge in [-0.3, -0.25) is 0 Å². The summed E-state index contributed by atoms with van der Waals surface area (Å²) >= 11 is 0. The van der Waals surface area contributed by atoms with Crippen LogP contribution in [-0.2, 0) is 0 Å². The maximum Gasteiger partial charge on any atom is 0.401 e. The van der Waals surface area contributed by atoms with Gasteiger partial charge in [0.15, 0.2) is 0 Å². The first-order chi connectivity index (χ1) is 9.04. The van der Waals surface area contributed by atoms with Gasteiger partial charge in [-0.1, -0.05) is 30.3 Å². The average molecular weight is 272 g/mol. The van der Waals surface area contributed by atoms with Gasteiger partial charge in [0, 0.05) is 19.6 Å². The Bertz CT molecular complexity index is 378. The van der Waals surface area contributed by atoms with Crippen molar-refractivity contribution >= 4 is 0 Å². The second-order valence-corrected chi connectivity index (χ2v) is 4.99. The van der Waals surface area contributed by atoms with Crippen molar-refractivity contribution in [3.63, 3.8) is 0 Å². The molecule has 1 unspecified atom stereocenters. The van der Waals surface area contributed by atoms with E-state index in [0.717, 1.165) is 19.5 Å². The van der Waals surface area contributed by atoms with E-state index in [1.165, 1.54) is 5.56 Å². The molecule has 106 valence electrons. The third-order valence-corrected chi connectivity index (χ3v) is 3.47. The molecule has 2 nitrogen and oxygen atoms in total. The van der Waals surface area contributed by atoms with Gasteiger partial charge in [0.1, 0.15) is 0 Å². The van der Waals surface area contributed by atoms with Crippen LogP contribution < -0.4 is 5.32 Å². The summed E-state index contributed by atoms with van der Waals surface area (Å²) in [4.78, 5) is 2.22. The molecule has 2 rings (SSSR count). The Morgan fingerprint density at radius 2 is 1.95 bits per heavy atom. The lowest BCUT2D eigenvalue weighted by atomic mass is 9.99. The van der Waals surface area contributed by atoms with E-state index < -0.39 is 12.7 Å². The molecule has 1 aliphatic rings. The van der Waals surface area contributed by atoms with Crippen LogP contribution in [0.2, 0.25) is 0 Å². The fourth-order valence-electron chi connectivity index (χ4n) is 2.50. The maximum absolute atomic E-state index is 12.0. The molecular formula is C14H19F3N2. The van der Waals surface area contributed by atoms with E-state index in [-0.39, 0.29) is 0 Å². The number of nitrogens with one attached hydrogen (secondary N) is 1. The maximum atomic E-state index is 12.0. The molecule has 1 aliphatic heterocycles. The molecule has 1 aromatic rings. The number of rotatable bonds is 5. The minimum absolute atomic E-state index is 0.390. The van der Waals surface area contributed by atoms with E-state index in [4.69, 9.17) is 0 Å². The highest BCUT2D eigenvalue weighted by atomic mass is 19.4. The van der Waals surface area contributed by atoms with Gasteiger partial charge >= 0.3 is 6.18 Å². The molecule has 0 aliphatic carbocycles. The van der Waals surface area contributed by atoms with Gasteiger partial charge in [-0.15, -0.1) is 0 Å². The number of benzene rings is 1. The first-order valence-corrected chi connectivity index (χ1v) is 6.59. The highest BCUT2D eigenvalue weighted by molar-refractivity contribution is 5.20. The molecular weight excluding hydrogens is 253 g/mol. The van der Waals surface area contributed by atoms with Crippen LogP contribution in [0.15, 0.2) is 30.3 Å². The summed E-state index contributed by atoms with van der Waals surface area (Å²) < 4.78 is 35.9. The van der Waals surface area contributed by atoms with Crippen LogP contribution in [0.25, 0.3) is 0 Å². The van der Waals surface area contributed by atoms with E-state index in [0.29, 0.717) is 19.0 Å². The minimum atomic E-state index is -4.11. The summed E-state index contributed by atoms with van der Waals surface area (Å²) in [7, 11) is 0. The lowest BCUT2D eigenvalue weighted by molar-refractivity contribution is -0.124. The average Bonchev–Trinajstić information content (AvgIpc) is 2.83. The summed E-state index contributed by atoms with van der Waals surface area (Å²) in [5.41, 5.74) is 1.33. The second kappa shape index (κ2) is 6.39. The fourth-order valence-corrected chi connectivity index (χ4v) is 2.50. The van der Waals surface area contributed by atoms with Crippen LogP contribution >= 0.6 is 0 Å². The number of hydrogen-bond donors (Lipinski definition) is 1. The Morgan fingerprint density at radius 3 is 2.63 bits per heavy atom. The molecule has 5 heteroatoms. The molecule has 0 spiro atoms. The van der Waals surface area contributed by atoms with Crippen molar-refractivity contribution in [2.75, 3.05) is 32.7 Å². The zero-order valence-electron chi connectivity index (χ0n) is 10.8. The smallest absolute Gasteiger partial charge is 0.307 e. The molecule has 0 amide bonds. The Kier molecular flexibility index (Phi) is 4.82. The largest absolute Gasteiger partial charge is 0.401 e. The highest BCUT2D eigenvalue weighted by Crippen LogP contribution is 2.26. The van der Waals surface area contributed by atoms with Crippen molar-refractivity contribution in [1.82, 2.24) is 10.2 Å². The molecule has 1 aromatic carbocycles. The Labute approximate surface area is 111 Å². The minimum Gasteiger partial charge on any atom is -0.307 e. The van der Waals surface area contributed by atoms with Crippen molar-refractivity contribution in [2.24, 2.45) is 0 Å². The number of likely N-dealkylation sites (tertiary alicyclic amines) is 1. The summed E-state index contributed by atoms with van der Waals surface area (Å²) in [6.07, 6.45) is -3.03. The molecule has 1 N–H and O–H groups in total. The van der Waals surface area contributed by atoms with E-state index in [1.807, 2.05) is 18.2 Å². The Morgan fingerprint density at radius 1 is 1.21 bits per heavy atom. The van der Waals surface area contributed by atoms with E-state index in [1.54, 1.807) is 0 Å². The van der Waals surface area contributed by atoms with Crippen LogP contribution in [0.1, 0.15) is 17.9 Å². The Hall–Kier alpha value is -1.07. The molecule has 1 saturated heterocycles. The van der Waals surface area contributed by atoms with Crippen molar-refractivity contribution in [2.45, 2.75) is 18.5 Å². The van der Waals surface area contributed by atoms with Crippen LogP contribution in [0.3, 0.4) is 0 Å². The first kappa shape index (κ1) is 14.3. The van der Waals surface area contributed by atoms with E-state index >= 15 is 0 Å². The molecule has 0 bridgehead atoms. The topological polar surface area (TPSA) is 15.3 Å². The second-order valence-electron chi connectivity index (χ2n) is 4.99. The number of halogens is 3. The van der Waals surface area contributed by atoms with Crippen molar-refractivity contribution in [3.8, 4) is 0 Å². The standard InChI is InChI=1S/C14H19F3N2/c15-14(16,17)11-18-7-9-19-8-6-13(10-19)12-4-2-1-3-5-12/h1-5,13,18H,6-11H2. The predicted molar refractivity (Wildman–Crippen MR) is 69.2 cm³/mol. The van der Waals surface area contributed by atoms with Gasteiger partial charge in [0.05, 0.1) is 6.54 Å². The zero-order valence-corrected chi connectivity index (χ0v) is 10.8. The third kappa shape index (κ3) is 4.84. The molecule has 19 heavy (non-hydrogen) atoms. The third-order valence-electron chi connectivity index (χ3n) is 3.47. The van der Waals surface area contributed by atoms with Gasteiger partial charge < -0.3 is 10.2 Å². The van der Waals surface area contributed by atoms with Gasteiger partial charge in [-0.05, 0) is 24.4 Å². The zero-order chi connectivity index (χ0) is 13.7. The summed E-state index contributed by atoms with van der Waals surface area (Å²) in [6, 6.07) is 10.3. The molecule has 0 aromatic heterocycles. The monoisotopic (exact) mass is 272 g/mol. The number of alkyl halides is 3. The highest BCUT2D eigenvalue weighted by Gasteiger charge is 2.27. The van der Waals surface area contributed by atoms with Gasteiger partial charge in [-0.2, -0.15) is 13.2 Å². The van der Waals surface area contributed by atoms with Gasteiger partial charge in [-0.25, -0.2) is 0 Å². The number of hydrogen-bond acceptors (Lipinski definition) is 2. The van der Waals surface area contributed by atoms with Crippen LogP contribution in [0, 0.1) is 0 Å². The molecule has 0 radical (unpaired) electrons. The predicted octanol–water partition coefficient (Wildman–Crippen LogP) is 2.63. The van der Waals surface area contributed by atoms with Gasteiger partial charge in [0.25, 0.3) is 0 Å². The lowest BCUT2D eigenvalue weighted by Gasteiger charge is -2.17. The summed E-state index contributed by atoms with van der Waals surface area (Å²) in [5.74, 6) is 0.517. The molecule has 1 heterocycles.